The van der Waals surface area contributed by atoms with Crippen LogP contribution in [-0.2, 0) is 26.2 Å². The zero-order valence-corrected chi connectivity index (χ0v) is 20.3. The van der Waals surface area contributed by atoms with E-state index in [1.54, 1.807) is 0 Å². The van der Waals surface area contributed by atoms with Gasteiger partial charge in [0.05, 0.1) is 0 Å². The van der Waals surface area contributed by atoms with E-state index in [9.17, 15) is 0 Å². The first-order valence-electron chi connectivity index (χ1n) is 7.12. The van der Waals surface area contributed by atoms with Crippen LogP contribution in [0.4, 0.5) is 0 Å². The molecule has 2 aliphatic carbocycles. The summed E-state index contributed by atoms with van der Waals surface area (Å²) in [5, 5.41) is 0. The normalized spacial score (nSPS) is 20.9. The van der Waals surface area contributed by atoms with Gasteiger partial charge in [-0.25, -0.2) is 23.3 Å². The zero-order chi connectivity index (χ0) is 15.0. The summed E-state index contributed by atoms with van der Waals surface area (Å²) in [5.74, 6) is 1.13. The minimum atomic E-state index is 0. The Bertz CT molecular complexity index is 371. The summed E-state index contributed by atoms with van der Waals surface area (Å²) in [6.07, 6.45) is 11.0. The fourth-order valence-electron chi connectivity index (χ4n) is 1.93. The van der Waals surface area contributed by atoms with Gasteiger partial charge in [-0.15, -0.1) is 0 Å². The molecule has 0 fully saturated rings. The van der Waals surface area contributed by atoms with Crippen molar-refractivity contribution >= 4 is 9.52 Å². The van der Waals surface area contributed by atoms with Crippen LogP contribution in [0.2, 0.25) is 13.1 Å². The molecule has 0 amide bonds. The Balaban J connectivity index is -0.000000112. The van der Waals surface area contributed by atoms with Crippen LogP contribution in [0.5, 0.6) is 0 Å². The minimum absolute atomic E-state index is 0. The van der Waals surface area contributed by atoms with Gasteiger partial charge in [-0.2, -0.15) is 11.1 Å². The molecule has 0 aliphatic heterocycles. The third-order valence-corrected chi connectivity index (χ3v) is 3.14. The van der Waals surface area contributed by atoms with E-state index in [4.69, 9.17) is 0 Å². The van der Waals surface area contributed by atoms with E-state index in [1.807, 2.05) is 0 Å². The van der Waals surface area contributed by atoms with Crippen molar-refractivity contribution in [3.63, 3.8) is 0 Å². The second-order valence-corrected chi connectivity index (χ2v) is 6.61. The molecule has 0 aromatic rings. The molecule has 2 atom stereocenters. The van der Waals surface area contributed by atoms with Crippen LogP contribution in [0, 0.1) is 24.0 Å². The molecule has 0 spiro atoms. The monoisotopic (exact) mass is 433 g/mol. The Morgan fingerprint density at radius 3 is 1.05 bits per heavy atom. The standard InChI is InChI=1S/2C8H11.C2H7Si.2ClH.Zr/c2*1-6-4-7(2)8(3)5-6;1-3-2;;;/h2*4,8H,1-3H3;3H,1-2H3;2*1H;/q2*-1;;;;+4/p-2. The molecular weight excluding hydrogens is 406 g/mol. The van der Waals surface area contributed by atoms with Crippen LogP contribution in [0.1, 0.15) is 41.5 Å². The average molecular weight is 436 g/mol. The second kappa shape index (κ2) is 16.5. The van der Waals surface area contributed by atoms with Crippen LogP contribution in [0.3, 0.4) is 0 Å². The summed E-state index contributed by atoms with van der Waals surface area (Å²) in [5.41, 5.74) is 5.44. The van der Waals surface area contributed by atoms with Gasteiger partial charge in [0, 0.05) is 9.52 Å². The fraction of sp³-hybridized carbons (Fsp3) is 0.556. The van der Waals surface area contributed by atoms with Crippen molar-refractivity contribution in [1.29, 1.82) is 0 Å². The summed E-state index contributed by atoms with van der Waals surface area (Å²) in [6.45, 7) is 17.2. The summed E-state index contributed by atoms with van der Waals surface area (Å²) in [6, 6.07) is 0. The van der Waals surface area contributed by atoms with Gasteiger partial charge in [0.1, 0.15) is 0 Å². The van der Waals surface area contributed by atoms with Gasteiger partial charge in [0.2, 0.25) is 0 Å². The van der Waals surface area contributed by atoms with E-state index in [-0.39, 0.29) is 51.0 Å². The molecule has 0 bridgehead atoms. The van der Waals surface area contributed by atoms with Gasteiger partial charge in [-0.1, -0.05) is 66.5 Å². The van der Waals surface area contributed by atoms with E-state index in [1.165, 1.54) is 22.3 Å². The molecule has 0 aromatic heterocycles. The van der Waals surface area contributed by atoms with E-state index < -0.39 is 0 Å². The number of halogens is 2. The number of rotatable bonds is 0. The number of allylic oxidation sites excluding steroid dienone is 8. The van der Waals surface area contributed by atoms with Crippen LogP contribution in [0.15, 0.2) is 34.4 Å². The summed E-state index contributed by atoms with van der Waals surface area (Å²) in [7, 11) is 0.750. The Kier molecular flexibility index (Phi) is 22.9. The summed E-state index contributed by atoms with van der Waals surface area (Å²) >= 11 is 0. The fourth-order valence-corrected chi connectivity index (χ4v) is 1.93. The van der Waals surface area contributed by atoms with Crippen molar-refractivity contribution in [3.05, 3.63) is 46.6 Å². The first-order chi connectivity index (χ1) is 8.81. The molecule has 4 heteroatoms. The van der Waals surface area contributed by atoms with Crippen LogP contribution < -0.4 is 24.8 Å². The SMILES string of the molecule is CC1=[C-]C(C)C(C)=C1.CC1=[C-]C(C)C(C)=C1.C[SiH]C.[Cl-].[Cl-].[Zr+4]. The van der Waals surface area contributed by atoms with Crippen molar-refractivity contribution in [3.8, 4) is 0 Å². The number of hydrogen-bond donors (Lipinski definition) is 0. The molecule has 0 saturated carbocycles. The molecule has 22 heavy (non-hydrogen) atoms. The Morgan fingerprint density at radius 1 is 0.773 bits per heavy atom. The molecular formula is C18H29Cl2SiZr. The average Bonchev–Trinajstić information content (AvgIpc) is 2.72. The van der Waals surface area contributed by atoms with Gasteiger partial charge in [-0.05, 0) is 0 Å². The minimum Gasteiger partial charge on any atom is -1.00 e. The molecule has 0 aromatic carbocycles. The first kappa shape index (κ1) is 30.5. The summed E-state index contributed by atoms with van der Waals surface area (Å²) in [4.78, 5) is 0. The number of hydrogen-bond acceptors (Lipinski definition) is 0. The third kappa shape index (κ3) is 13.1. The zero-order valence-electron chi connectivity index (χ0n) is 15.1. The maximum absolute atomic E-state index is 3.29. The van der Waals surface area contributed by atoms with Crippen LogP contribution in [-0.4, -0.2) is 9.52 Å². The molecule has 2 aliphatic rings. The van der Waals surface area contributed by atoms with Crippen molar-refractivity contribution in [2.45, 2.75) is 54.6 Å². The molecule has 2 unspecified atom stereocenters. The van der Waals surface area contributed by atoms with Crippen molar-refractivity contribution in [2.24, 2.45) is 11.8 Å². The maximum Gasteiger partial charge on any atom is 4.00 e. The van der Waals surface area contributed by atoms with Crippen LogP contribution in [0.25, 0.3) is 0 Å². The second-order valence-electron chi connectivity index (χ2n) is 5.45. The Labute approximate surface area is 172 Å². The van der Waals surface area contributed by atoms with Crippen molar-refractivity contribution in [1.82, 2.24) is 0 Å². The molecule has 1 radical (unpaired) electrons. The molecule has 0 N–H and O–H groups in total. The van der Waals surface area contributed by atoms with Gasteiger partial charge < -0.3 is 24.8 Å². The maximum atomic E-state index is 3.29. The first-order valence-corrected chi connectivity index (χ1v) is 9.43. The van der Waals surface area contributed by atoms with E-state index >= 15 is 0 Å². The predicted molar refractivity (Wildman–Crippen MR) is 89.6 cm³/mol. The van der Waals surface area contributed by atoms with Gasteiger partial charge >= 0.3 is 26.2 Å². The van der Waals surface area contributed by atoms with Gasteiger partial charge in [0.15, 0.2) is 0 Å². The van der Waals surface area contributed by atoms with Crippen molar-refractivity contribution < 1.29 is 51.0 Å². The third-order valence-electron chi connectivity index (χ3n) is 3.14. The van der Waals surface area contributed by atoms with Gasteiger partial charge in [0.25, 0.3) is 0 Å². The largest absolute Gasteiger partial charge is 4.00 e. The Hall–Kier alpha value is 0.640. The Morgan fingerprint density at radius 2 is 1.00 bits per heavy atom. The van der Waals surface area contributed by atoms with E-state index in [2.05, 4.69) is 78.9 Å². The molecule has 0 heterocycles. The molecule has 2 rings (SSSR count). The van der Waals surface area contributed by atoms with E-state index in [0.717, 1.165) is 9.52 Å². The summed E-state index contributed by atoms with van der Waals surface area (Å²) < 4.78 is 0. The molecule has 0 saturated heterocycles. The van der Waals surface area contributed by atoms with Gasteiger partial charge in [-0.3, -0.25) is 12.2 Å². The molecule has 123 valence electrons. The quantitative estimate of drug-likeness (QED) is 0.345. The molecule has 0 nitrogen and oxygen atoms in total. The van der Waals surface area contributed by atoms with Crippen LogP contribution >= 0.6 is 0 Å². The van der Waals surface area contributed by atoms with E-state index in [0.29, 0.717) is 11.8 Å². The smallest absolute Gasteiger partial charge is 1.00 e. The predicted octanol–water partition coefficient (Wildman–Crippen LogP) is -0.812. The van der Waals surface area contributed by atoms with Crippen molar-refractivity contribution in [2.75, 3.05) is 0 Å². The topological polar surface area (TPSA) is 0 Å².